The molecule has 0 fully saturated rings. The summed E-state index contributed by atoms with van der Waals surface area (Å²) in [6.07, 6.45) is 3.52. The molecule has 7 nitrogen and oxygen atoms in total. The number of hydrogen-bond acceptors (Lipinski definition) is 4. The Labute approximate surface area is 121 Å². The highest BCUT2D eigenvalue weighted by Crippen LogP contribution is 2.16. The molecule has 7 heteroatoms. The molecule has 21 heavy (non-hydrogen) atoms. The molecule has 0 aliphatic rings. The van der Waals surface area contributed by atoms with Gasteiger partial charge in [0.1, 0.15) is 12.2 Å². The van der Waals surface area contributed by atoms with Crippen LogP contribution in [0.25, 0.3) is 11.0 Å². The zero-order valence-corrected chi connectivity index (χ0v) is 11.7. The number of aromatic nitrogens is 2. The van der Waals surface area contributed by atoms with Gasteiger partial charge in [0.2, 0.25) is 5.91 Å². The van der Waals surface area contributed by atoms with Gasteiger partial charge in [-0.3, -0.25) is 9.59 Å². The van der Waals surface area contributed by atoms with Gasteiger partial charge in [0.25, 0.3) is 0 Å². The second kappa shape index (κ2) is 6.85. The summed E-state index contributed by atoms with van der Waals surface area (Å²) in [6, 6.07) is 3.67. The van der Waals surface area contributed by atoms with Crippen molar-refractivity contribution >= 4 is 22.9 Å². The minimum Gasteiger partial charge on any atom is -0.480 e. The van der Waals surface area contributed by atoms with Crippen LogP contribution in [0.5, 0.6) is 0 Å². The van der Waals surface area contributed by atoms with Gasteiger partial charge in [0.05, 0.1) is 13.0 Å². The van der Waals surface area contributed by atoms with E-state index in [2.05, 4.69) is 9.97 Å². The highest BCUT2D eigenvalue weighted by atomic mass is 16.5. The third kappa shape index (κ3) is 3.79. The molecular formula is C14H17N3O4. The SMILES string of the molecule is COCCN(CC(=O)O)C(=O)Cc1c[nH]c2ncccc12. The summed E-state index contributed by atoms with van der Waals surface area (Å²) in [5, 5.41) is 9.75. The van der Waals surface area contributed by atoms with E-state index in [1.807, 2.05) is 6.07 Å². The lowest BCUT2D eigenvalue weighted by Gasteiger charge is -2.20. The van der Waals surface area contributed by atoms with E-state index in [0.717, 1.165) is 10.9 Å². The maximum absolute atomic E-state index is 12.3. The Morgan fingerprint density at radius 3 is 3.00 bits per heavy atom. The zero-order chi connectivity index (χ0) is 15.2. The Morgan fingerprint density at radius 2 is 2.29 bits per heavy atom. The molecule has 0 aromatic carbocycles. The van der Waals surface area contributed by atoms with Gasteiger partial charge in [-0.2, -0.15) is 0 Å². The molecule has 0 unspecified atom stereocenters. The first kappa shape index (κ1) is 15.0. The van der Waals surface area contributed by atoms with Crippen molar-refractivity contribution < 1.29 is 19.4 Å². The van der Waals surface area contributed by atoms with Crippen molar-refractivity contribution in [2.75, 3.05) is 26.8 Å². The summed E-state index contributed by atoms with van der Waals surface area (Å²) in [5.41, 5.74) is 1.51. The van der Waals surface area contributed by atoms with Crippen molar-refractivity contribution in [3.05, 3.63) is 30.1 Å². The topological polar surface area (TPSA) is 95.5 Å². The predicted octanol–water partition coefficient (Wildman–Crippen LogP) is 0.665. The fraction of sp³-hybridized carbons (Fsp3) is 0.357. The fourth-order valence-corrected chi connectivity index (χ4v) is 2.09. The van der Waals surface area contributed by atoms with Crippen LogP contribution < -0.4 is 0 Å². The predicted molar refractivity (Wildman–Crippen MR) is 75.9 cm³/mol. The maximum Gasteiger partial charge on any atom is 0.323 e. The molecule has 0 spiro atoms. The normalized spacial score (nSPS) is 10.7. The lowest BCUT2D eigenvalue weighted by molar-refractivity contribution is -0.144. The fourth-order valence-electron chi connectivity index (χ4n) is 2.09. The minimum absolute atomic E-state index is 0.128. The molecule has 0 aliphatic carbocycles. The number of nitrogens with one attached hydrogen (secondary N) is 1. The third-order valence-electron chi connectivity index (χ3n) is 3.12. The molecule has 0 saturated carbocycles. The highest BCUT2D eigenvalue weighted by Gasteiger charge is 2.18. The van der Waals surface area contributed by atoms with Gasteiger partial charge in [0, 0.05) is 31.4 Å². The van der Waals surface area contributed by atoms with Crippen molar-refractivity contribution in [1.29, 1.82) is 0 Å². The summed E-state index contributed by atoms with van der Waals surface area (Å²) in [7, 11) is 1.51. The summed E-state index contributed by atoms with van der Waals surface area (Å²) < 4.78 is 4.91. The molecule has 112 valence electrons. The van der Waals surface area contributed by atoms with Gasteiger partial charge >= 0.3 is 5.97 Å². The molecule has 2 aromatic rings. The Balaban J connectivity index is 2.11. The maximum atomic E-state index is 12.3. The van der Waals surface area contributed by atoms with Crippen LogP contribution in [-0.2, 0) is 20.7 Å². The standard InChI is InChI=1S/C14H17N3O4/c1-21-6-5-17(9-13(19)20)12(18)7-10-8-16-14-11(10)3-2-4-15-14/h2-4,8H,5-7,9H2,1H3,(H,15,16)(H,19,20). The van der Waals surface area contributed by atoms with E-state index in [0.29, 0.717) is 12.3 Å². The summed E-state index contributed by atoms with van der Waals surface area (Å²) in [6.45, 7) is 0.222. The zero-order valence-electron chi connectivity index (χ0n) is 11.7. The van der Waals surface area contributed by atoms with Gasteiger partial charge in [-0.25, -0.2) is 4.98 Å². The van der Waals surface area contributed by atoms with Crippen LogP contribution in [0.4, 0.5) is 0 Å². The number of pyridine rings is 1. The number of carboxylic acids is 1. The number of carboxylic acid groups (broad SMARTS) is 1. The van der Waals surface area contributed by atoms with Gasteiger partial charge in [-0.1, -0.05) is 0 Å². The quantitative estimate of drug-likeness (QED) is 0.781. The molecule has 2 rings (SSSR count). The molecule has 2 N–H and O–H groups in total. The van der Waals surface area contributed by atoms with E-state index in [1.165, 1.54) is 12.0 Å². The van der Waals surface area contributed by atoms with E-state index in [-0.39, 0.29) is 25.4 Å². The highest BCUT2D eigenvalue weighted by molar-refractivity contribution is 5.88. The monoisotopic (exact) mass is 291 g/mol. The number of aliphatic carboxylic acids is 1. The number of carbonyl (C=O) groups excluding carboxylic acids is 1. The number of aromatic amines is 1. The van der Waals surface area contributed by atoms with Crippen molar-refractivity contribution in [2.45, 2.75) is 6.42 Å². The second-order valence-electron chi connectivity index (χ2n) is 4.59. The van der Waals surface area contributed by atoms with E-state index >= 15 is 0 Å². The first-order valence-corrected chi connectivity index (χ1v) is 6.51. The average molecular weight is 291 g/mol. The number of hydrogen-bond donors (Lipinski definition) is 2. The Morgan fingerprint density at radius 1 is 1.48 bits per heavy atom. The summed E-state index contributed by atoms with van der Waals surface area (Å²) in [5.74, 6) is -1.29. The van der Waals surface area contributed by atoms with Crippen molar-refractivity contribution in [1.82, 2.24) is 14.9 Å². The summed E-state index contributed by atoms with van der Waals surface area (Å²) in [4.78, 5) is 31.5. The Kier molecular flexibility index (Phi) is 4.89. The van der Waals surface area contributed by atoms with Gasteiger partial charge in [0.15, 0.2) is 0 Å². The molecule has 0 bridgehead atoms. The Bertz CT molecular complexity index is 638. The first-order valence-electron chi connectivity index (χ1n) is 6.51. The molecule has 0 saturated heterocycles. The number of rotatable bonds is 7. The number of carbonyl (C=O) groups is 2. The van der Waals surface area contributed by atoms with Crippen molar-refractivity contribution in [3.8, 4) is 0 Å². The van der Waals surface area contributed by atoms with E-state index in [1.54, 1.807) is 18.5 Å². The third-order valence-corrected chi connectivity index (χ3v) is 3.12. The molecule has 2 heterocycles. The number of nitrogens with zero attached hydrogens (tertiary/aromatic N) is 2. The van der Waals surface area contributed by atoms with Crippen LogP contribution in [0.15, 0.2) is 24.5 Å². The number of amides is 1. The van der Waals surface area contributed by atoms with Crippen LogP contribution in [0, 0.1) is 0 Å². The van der Waals surface area contributed by atoms with E-state index in [4.69, 9.17) is 9.84 Å². The molecule has 2 aromatic heterocycles. The number of fused-ring (bicyclic) bond motifs is 1. The minimum atomic E-state index is -1.04. The average Bonchev–Trinajstić information content (AvgIpc) is 2.86. The smallest absolute Gasteiger partial charge is 0.323 e. The van der Waals surface area contributed by atoms with E-state index in [9.17, 15) is 9.59 Å². The van der Waals surface area contributed by atoms with Crippen molar-refractivity contribution in [2.24, 2.45) is 0 Å². The van der Waals surface area contributed by atoms with Crippen LogP contribution in [-0.4, -0.2) is 58.7 Å². The second-order valence-corrected chi connectivity index (χ2v) is 4.59. The number of ether oxygens (including phenoxy) is 1. The lowest BCUT2D eigenvalue weighted by atomic mass is 10.1. The first-order chi connectivity index (χ1) is 10.1. The molecule has 0 aliphatic heterocycles. The molecule has 1 amide bonds. The number of methoxy groups -OCH3 is 1. The molecular weight excluding hydrogens is 274 g/mol. The summed E-state index contributed by atoms with van der Waals surface area (Å²) >= 11 is 0. The van der Waals surface area contributed by atoms with Crippen LogP contribution in [0.2, 0.25) is 0 Å². The van der Waals surface area contributed by atoms with Crippen molar-refractivity contribution in [3.63, 3.8) is 0 Å². The van der Waals surface area contributed by atoms with Gasteiger partial charge < -0.3 is 19.7 Å². The van der Waals surface area contributed by atoms with Crippen LogP contribution >= 0.6 is 0 Å². The van der Waals surface area contributed by atoms with E-state index < -0.39 is 5.97 Å². The van der Waals surface area contributed by atoms with Crippen LogP contribution in [0.1, 0.15) is 5.56 Å². The lowest BCUT2D eigenvalue weighted by Crippen LogP contribution is -2.38. The van der Waals surface area contributed by atoms with Gasteiger partial charge in [-0.05, 0) is 17.7 Å². The number of H-pyrrole nitrogens is 1. The molecule has 0 atom stereocenters. The molecule has 0 radical (unpaired) electrons. The van der Waals surface area contributed by atoms with Gasteiger partial charge in [-0.15, -0.1) is 0 Å². The largest absolute Gasteiger partial charge is 0.480 e. The van der Waals surface area contributed by atoms with Crippen LogP contribution in [0.3, 0.4) is 0 Å². The Hall–Kier alpha value is -2.41.